The quantitative estimate of drug-likeness (QED) is 0.826. The van der Waals surface area contributed by atoms with E-state index in [0.29, 0.717) is 6.61 Å². The highest BCUT2D eigenvalue weighted by atomic mass is 32.2. The second-order valence-electron chi connectivity index (χ2n) is 4.22. The van der Waals surface area contributed by atoms with E-state index in [4.69, 9.17) is 9.84 Å². The van der Waals surface area contributed by atoms with Crippen LogP contribution in [0.15, 0.2) is 29.2 Å². The fraction of sp³-hybridized carbons (Fsp3) is 0.538. The van der Waals surface area contributed by atoms with Crippen LogP contribution in [0.4, 0.5) is 0 Å². The summed E-state index contributed by atoms with van der Waals surface area (Å²) in [4.78, 5) is 3.68. The van der Waals surface area contributed by atoms with Crippen molar-refractivity contribution in [3.8, 4) is 0 Å². The highest BCUT2D eigenvalue weighted by molar-refractivity contribution is 7.98. The summed E-state index contributed by atoms with van der Waals surface area (Å²) in [6.45, 7) is 3.53. The molecule has 1 aliphatic rings. The first-order valence-corrected chi connectivity index (χ1v) is 7.12. The Bertz CT molecular complexity index is 359. The van der Waals surface area contributed by atoms with Crippen LogP contribution in [0.25, 0.3) is 0 Å². The molecule has 0 spiro atoms. The van der Waals surface area contributed by atoms with E-state index in [1.165, 1.54) is 10.5 Å². The SMILES string of the molecule is CSc1ccccc1CN1CCOC(CO)C1. The van der Waals surface area contributed by atoms with Gasteiger partial charge in [0.2, 0.25) is 0 Å². The van der Waals surface area contributed by atoms with Crippen LogP contribution in [0.1, 0.15) is 5.56 Å². The van der Waals surface area contributed by atoms with Crippen molar-refractivity contribution in [1.82, 2.24) is 4.90 Å². The third-order valence-electron chi connectivity index (χ3n) is 3.01. The van der Waals surface area contributed by atoms with Crippen LogP contribution in [-0.2, 0) is 11.3 Å². The Kier molecular flexibility index (Phi) is 4.86. The second kappa shape index (κ2) is 6.40. The molecule has 2 rings (SSSR count). The van der Waals surface area contributed by atoms with Crippen molar-refractivity contribution < 1.29 is 9.84 Å². The number of ether oxygens (including phenoxy) is 1. The van der Waals surface area contributed by atoms with Crippen LogP contribution >= 0.6 is 11.8 Å². The number of aliphatic hydroxyl groups is 1. The Hall–Kier alpha value is -0.550. The van der Waals surface area contributed by atoms with E-state index in [0.717, 1.165) is 19.6 Å². The van der Waals surface area contributed by atoms with E-state index in [-0.39, 0.29) is 12.7 Å². The Morgan fingerprint density at radius 1 is 1.47 bits per heavy atom. The maximum absolute atomic E-state index is 9.12. The van der Waals surface area contributed by atoms with E-state index >= 15 is 0 Å². The number of nitrogens with zero attached hydrogens (tertiary/aromatic N) is 1. The lowest BCUT2D eigenvalue weighted by atomic mass is 10.2. The second-order valence-corrected chi connectivity index (χ2v) is 5.07. The molecule has 0 bridgehead atoms. The van der Waals surface area contributed by atoms with Crippen LogP contribution in [0.5, 0.6) is 0 Å². The zero-order chi connectivity index (χ0) is 12.1. The normalized spacial score (nSPS) is 21.6. The van der Waals surface area contributed by atoms with Gasteiger partial charge in [0.05, 0.1) is 19.3 Å². The van der Waals surface area contributed by atoms with Crippen LogP contribution in [0.3, 0.4) is 0 Å². The fourth-order valence-electron chi connectivity index (χ4n) is 2.11. The van der Waals surface area contributed by atoms with Gasteiger partial charge in [0.1, 0.15) is 0 Å². The molecule has 1 atom stereocenters. The first-order chi connectivity index (χ1) is 8.33. The number of benzene rings is 1. The summed E-state index contributed by atoms with van der Waals surface area (Å²) in [6.07, 6.45) is 2.08. The Morgan fingerprint density at radius 3 is 3.06 bits per heavy atom. The zero-order valence-electron chi connectivity index (χ0n) is 10.1. The minimum atomic E-state index is -0.0230. The highest BCUT2D eigenvalue weighted by Gasteiger charge is 2.20. The van der Waals surface area contributed by atoms with Gasteiger partial charge < -0.3 is 9.84 Å². The monoisotopic (exact) mass is 253 g/mol. The van der Waals surface area contributed by atoms with Crippen molar-refractivity contribution in [3.63, 3.8) is 0 Å². The van der Waals surface area contributed by atoms with Gasteiger partial charge in [-0.1, -0.05) is 18.2 Å². The average Bonchev–Trinajstić information content (AvgIpc) is 2.39. The average molecular weight is 253 g/mol. The van der Waals surface area contributed by atoms with Crippen LogP contribution < -0.4 is 0 Å². The molecule has 1 aromatic carbocycles. The van der Waals surface area contributed by atoms with Gasteiger partial charge >= 0.3 is 0 Å². The smallest absolute Gasteiger partial charge is 0.0933 e. The highest BCUT2D eigenvalue weighted by Crippen LogP contribution is 2.22. The van der Waals surface area contributed by atoms with E-state index < -0.39 is 0 Å². The minimum absolute atomic E-state index is 0.0230. The van der Waals surface area contributed by atoms with Crippen LogP contribution in [0, 0.1) is 0 Å². The molecule has 1 unspecified atom stereocenters. The van der Waals surface area contributed by atoms with Gasteiger partial charge in [-0.2, -0.15) is 0 Å². The number of aliphatic hydroxyl groups excluding tert-OH is 1. The van der Waals surface area contributed by atoms with Gasteiger partial charge in [0, 0.05) is 24.5 Å². The molecule has 17 heavy (non-hydrogen) atoms. The van der Waals surface area contributed by atoms with E-state index in [1.807, 2.05) is 0 Å². The van der Waals surface area contributed by atoms with Gasteiger partial charge in [0.25, 0.3) is 0 Å². The van der Waals surface area contributed by atoms with Gasteiger partial charge in [-0.25, -0.2) is 0 Å². The van der Waals surface area contributed by atoms with E-state index in [2.05, 4.69) is 35.4 Å². The lowest BCUT2D eigenvalue weighted by Gasteiger charge is -2.32. The summed E-state index contributed by atoms with van der Waals surface area (Å²) >= 11 is 1.78. The number of thioether (sulfide) groups is 1. The maximum atomic E-state index is 9.12. The van der Waals surface area contributed by atoms with Crippen LogP contribution in [0.2, 0.25) is 0 Å². The molecule has 1 aliphatic heterocycles. The minimum Gasteiger partial charge on any atom is -0.394 e. The van der Waals surface area contributed by atoms with Crippen molar-refractivity contribution in [3.05, 3.63) is 29.8 Å². The molecule has 0 aliphatic carbocycles. The molecular weight excluding hydrogens is 234 g/mol. The van der Waals surface area contributed by atoms with Gasteiger partial charge in [0.15, 0.2) is 0 Å². The maximum Gasteiger partial charge on any atom is 0.0933 e. The van der Waals surface area contributed by atoms with E-state index in [9.17, 15) is 0 Å². The van der Waals surface area contributed by atoms with E-state index in [1.54, 1.807) is 11.8 Å². The topological polar surface area (TPSA) is 32.7 Å². The molecule has 1 saturated heterocycles. The number of morpholine rings is 1. The molecule has 1 fully saturated rings. The molecule has 0 radical (unpaired) electrons. The lowest BCUT2D eigenvalue weighted by Crippen LogP contribution is -2.43. The Morgan fingerprint density at radius 2 is 2.29 bits per heavy atom. The molecule has 1 aromatic rings. The predicted octanol–water partition coefficient (Wildman–Crippen LogP) is 1.60. The largest absolute Gasteiger partial charge is 0.394 e. The first kappa shape index (κ1) is 12.9. The molecule has 0 aromatic heterocycles. The molecule has 1 N–H and O–H groups in total. The third kappa shape index (κ3) is 3.45. The van der Waals surface area contributed by atoms with Crippen LogP contribution in [-0.4, -0.2) is 48.7 Å². The summed E-state index contributed by atoms with van der Waals surface area (Å²) in [5, 5.41) is 9.12. The standard InChI is InChI=1S/C13H19NO2S/c1-17-13-5-3-2-4-11(13)8-14-6-7-16-12(9-14)10-15/h2-5,12,15H,6-10H2,1H3. The fourth-order valence-corrected chi connectivity index (χ4v) is 2.72. The van der Waals surface area contributed by atoms with Gasteiger partial charge in [-0.3, -0.25) is 4.90 Å². The summed E-state index contributed by atoms with van der Waals surface area (Å²) < 4.78 is 5.45. The van der Waals surface area contributed by atoms with Gasteiger partial charge in [-0.05, 0) is 17.9 Å². The van der Waals surface area contributed by atoms with Crippen molar-refractivity contribution in [1.29, 1.82) is 0 Å². The Labute approximate surface area is 107 Å². The number of hydrogen-bond donors (Lipinski definition) is 1. The van der Waals surface area contributed by atoms with Crippen molar-refractivity contribution in [2.75, 3.05) is 32.6 Å². The molecule has 1 heterocycles. The summed E-state index contributed by atoms with van der Waals surface area (Å²) in [5.74, 6) is 0. The molecule has 4 heteroatoms. The third-order valence-corrected chi connectivity index (χ3v) is 3.85. The molecule has 94 valence electrons. The molecular formula is C13H19NO2S. The van der Waals surface area contributed by atoms with Crippen molar-refractivity contribution in [2.24, 2.45) is 0 Å². The zero-order valence-corrected chi connectivity index (χ0v) is 10.9. The van der Waals surface area contributed by atoms with Crippen molar-refractivity contribution >= 4 is 11.8 Å². The lowest BCUT2D eigenvalue weighted by molar-refractivity contribution is -0.0552. The predicted molar refractivity (Wildman–Crippen MR) is 70.3 cm³/mol. The molecule has 0 saturated carbocycles. The van der Waals surface area contributed by atoms with Gasteiger partial charge in [-0.15, -0.1) is 11.8 Å². The molecule has 3 nitrogen and oxygen atoms in total. The summed E-state index contributed by atoms with van der Waals surface area (Å²) in [7, 11) is 0. The number of hydrogen-bond acceptors (Lipinski definition) is 4. The number of rotatable bonds is 4. The summed E-state index contributed by atoms with van der Waals surface area (Å²) in [5.41, 5.74) is 1.36. The van der Waals surface area contributed by atoms with Crippen molar-refractivity contribution in [2.45, 2.75) is 17.5 Å². The Balaban J connectivity index is 2.00. The first-order valence-electron chi connectivity index (χ1n) is 5.90. The molecule has 0 amide bonds. The summed E-state index contributed by atoms with van der Waals surface area (Å²) in [6, 6.07) is 8.49.